The van der Waals surface area contributed by atoms with E-state index in [1.165, 1.54) is 5.57 Å². The molecule has 5 heteroatoms. The number of allylic oxidation sites excluding steroid dienone is 9. The van der Waals surface area contributed by atoms with Crippen molar-refractivity contribution in [1.82, 2.24) is 4.90 Å². The quantitative estimate of drug-likeness (QED) is 0.476. The second-order valence-corrected chi connectivity index (χ2v) is 8.87. The number of hydrogen-bond acceptors (Lipinski definition) is 5. The molecule has 0 saturated carbocycles. The Morgan fingerprint density at radius 2 is 1.97 bits per heavy atom. The zero-order chi connectivity index (χ0) is 22.7. The third kappa shape index (κ3) is 4.77. The molecule has 166 valence electrons. The summed E-state index contributed by atoms with van der Waals surface area (Å²) in [5, 5.41) is 3.46. The lowest BCUT2D eigenvalue weighted by molar-refractivity contribution is 0.253. The predicted octanol–water partition coefficient (Wildman–Crippen LogP) is 7.53. The standard InChI is InChI=1S/C27H31N3O2/c1-18(2)5-7-20-8-9-21(27(20)31-23-13-11-22(29-28)12-14-23)10-16-26-30(4)24-15-6-19(3)17-25(24)32-26/h5-7,10-16,18-19,28H,8-9,17H2,1-4H3/b7-5+,21-10+,26-16-,29-28?. The number of hydrogen-bond donors (Lipinski definition) is 1. The highest BCUT2D eigenvalue weighted by Crippen LogP contribution is 2.38. The van der Waals surface area contributed by atoms with Crippen LogP contribution in [0.3, 0.4) is 0 Å². The molecular formula is C27H31N3O2. The molecule has 32 heavy (non-hydrogen) atoms. The van der Waals surface area contributed by atoms with Crippen LogP contribution in [0.2, 0.25) is 0 Å². The van der Waals surface area contributed by atoms with Gasteiger partial charge in [0.15, 0.2) is 5.88 Å². The summed E-state index contributed by atoms with van der Waals surface area (Å²) in [5.41, 5.74) is 11.3. The SMILES string of the molecule is CC(C)/C=C/C1=C(Oc2ccc(N=N)cc2)C(=C/C=C2\OC3=C(C=CC(C)C3)N2C)/CC1. The minimum Gasteiger partial charge on any atom is -0.457 e. The van der Waals surface area contributed by atoms with Gasteiger partial charge in [-0.1, -0.05) is 39.0 Å². The van der Waals surface area contributed by atoms with Crippen molar-refractivity contribution in [3.63, 3.8) is 0 Å². The summed E-state index contributed by atoms with van der Waals surface area (Å²) in [5.74, 6) is 4.52. The number of ether oxygens (including phenoxy) is 2. The molecule has 0 radical (unpaired) electrons. The Labute approximate surface area is 190 Å². The molecule has 1 N–H and O–H groups in total. The Hall–Kier alpha value is -3.34. The second-order valence-electron chi connectivity index (χ2n) is 8.87. The smallest absolute Gasteiger partial charge is 0.199 e. The summed E-state index contributed by atoms with van der Waals surface area (Å²) in [4.78, 5) is 2.11. The van der Waals surface area contributed by atoms with Crippen LogP contribution < -0.4 is 4.74 Å². The Balaban J connectivity index is 1.60. The van der Waals surface area contributed by atoms with Crippen LogP contribution in [-0.4, -0.2) is 11.9 Å². The first-order valence-corrected chi connectivity index (χ1v) is 11.3. The lowest BCUT2D eigenvalue weighted by Gasteiger charge is -2.14. The molecule has 1 aromatic rings. The lowest BCUT2D eigenvalue weighted by atomic mass is 10.00. The summed E-state index contributed by atoms with van der Waals surface area (Å²) in [6, 6.07) is 7.30. The fraction of sp³-hybridized carbons (Fsp3) is 0.333. The normalized spacial score (nSPS) is 23.2. The molecule has 0 spiro atoms. The zero-order valence-corrected chi connectivity index (χ0v) is 19.3. The van der Waals surface area contributed by atoms with Crippen LogP contribution in [-0.2, 0) is 4.74 Å². The predicted molar refractivity (Wildman–Crippen MR) is 127 cm³/mol. The lowest BCUT2D eigenvalue weighted by Crippen LogP contribution is -2.11. The molecule has 0 amide bonds. The van der Waals surface area contributed by atoms with Gasteiger partial charge in [-0.3, -0.25) is 0 Å². The molecule has 0 bridgehead atoms. The third-order valence-corrected chi connectivity index (χ3v) is 5.84. The van der Waals surface area contributed by atoms with E-state index in [0.29, 0.717) is 17.5 Å². The molecule has 2 aliphatic carbocycles. The maximum absolute atomic E-state index is 7.15. The first-order chi connectivity index (χ1) is 15.4. The highest BCUT2D eigenvalue weighted by atomic mass is 16.5. The molecule has 1 aromatic carbocycles. The zero-order valence-electron chi connectivity index (χ0n) is 19.3. The summed E-state index contributed by atoms with van der Waals surface area (Å²) >= 11 is 0. The summed E-state index contributed by atoms with van der Waals surface area (Å²) in [6.07, 6.45) is 15.8. The van der Waals surface area contributed by atoms with Crippen molar-refractivity contribution in [1.29, 1.82) is 5.53 Å². The molecule has 0 saturated heterocycles. The van der Waals surface area contributed by atoms with Crippen molar-refractivity contribution in [2.45, 2.75) is 40.0 Å². The average molecular weight is 430 g/mol. The van der Waals surface area contributed by atoms with Crippen molar-refractivity contribution in [3.8, 4) is 5.75 Å². The van der Waals surface area contributed by atoms with Gasteiger partial charge in [0.05, 0.1) is 11.4 Å². The van der Waals surface area contributed by atoms with E-state index in [1.807, 2.05) is 25.3 Å². The van der Waals surface area contributed by atoms with Gasteiger partial charge >= 0.3 is 0 Å². The molecule has 1 unspecified atom stereocenters. The van der Waals surface area contributed by atoms with Crippen molar-refractivity contribution in [2.24, 2.45) is 17.0 Å². The number of benzene rings is 1. The van der Waals surface area contributed by atoms with Gasteiger partial charge in [0.25, 0.3) is 0 Å². The minimum atomic E-state index is 0.477. The van der Waals surface area contributed by atoms with E-state index in [4.69, 9.17) is 15.0 Å². The maximum atomic E-state index is 7.15. The van der Waals surface area contributed by atoms with Crippen molar-refractivity contribution in [3.05, 3.63) is 95.0 Å². The molecule has 1 aliphatic heterocycles. The van der Waals surface area contributed by atoms with Crippen LogP contribution in [0.1, 0.15) is 40.0 Å². The average Bonchev–Trinajstić information content (AvgIpc) is 3.31. The van der Waals surface area contributed by atoms with Crippen molar-refractivity contribution < 1.29 is 9.47 Å². The van der Waals surface area contributed by atoms with Crippen molar-refractivity contribution in [2.75, 3.05) is 7.05 Å². The molecule has 3 aliphatic rings. The van der Waals surface area contributed by atoms with Crippen LogP contribution in [0.15, 0.2) is 100 Å². The molecule has 5 nitrogen and oxygen atoms in total. The molecule has 0 aromatic heterocycles. The largest absolute Gasteiger partial charge is 0.457 e. The number of rotatable bonds is 6. The number of nitrogens with one attached hydrogen (secondary N) is 1. The third-order valence-electron chi connectivity index (χ3n) is 5.84. The van der Waals surface area contributed by atoms with E-state index in [9.17, 15) is 0 Å². The maximum Gasteiger partial charge on any atom is 0.199 e. The van der Waals surface area contributed by atoms with E-state index in [0.717, 1.165) is 53.7 Å². The van der Waals surface area contributed by atoms with Gasteiger partial charge in [-0.25, -0.2) is 5.53 Å². The van der Waals surface area contributed by atoms with Crippen LogP contribution >= 0.6 is 0 Å². The van der Waals surface area contributed by atoms with Gasteiger partial charge in [-0.05, 0) is 78.3 Å². The summed E-state index contributed by atoms with van der Waals surface area (Å²) < 4.78 is 12.5. The van der Waals surface area contributed by atoms with Crippen LogP contribution in [0.4, 0.5) is 5.69 Å². The highest BCUT2D eigenvalue weighted by molar-refractivity contribution is 5.48. The Bertz CT molecular complexity index is 1070. The minimum absolute atomic E-state index is 0.477. The van der Waals surface area contributed by atoms with E-state index in [-0.39, 0.29) is 0 Å². The summed E-state index contributed by atoms with van der Waals surface area (Å²) in [6.45, 7) is 6.55. The van der Waals surface area contributed by atoms with E-state index < -0.39 is 0 Å². The van der Waals surface area contributed by atoms with Gasteiger partial charge < -0.3 is 14.4 Å². The number of nitrogens with zero attached hydrogens (tertiary/aromatic N) is 2. The Morgan fingerprint density at radius 3 is 2.69 bits per heavy atom. The highest BCUT2D eigenvalue weighted by Gasteiger charge is 2.28. The fourth-order valence-corrected chi connectivity index (χ4v) is 4.00. The summed E-state index contributed by atoms with van der Waals surface area (Å²) in [7, 11) is 2.05. The van der Waals surface area contributed by atoms with Gasteiger partial charge in [-0.2, -0.15) is 5.11 Å². The Kier molecular flexibility index (Phi) is 6.45. The fourth-order valence-electron chi connectivity index (χ4n) is 4.00. The van der Waals surface area contributed by atoms with Crippen LogP contribution in [0, 0.1) is 17.4 Å². The van der Waals surface area contributed by atoms with E-state index >= 15 is 0 Å². The van der Waals surface area contributed by atoms with Gasteiger partial charge in [-0.15, -0.1) is 0 Å². The second kappa shape index (κ2) is 9.43. The molecule has 4 rings (SSSR count). The monoisotopic (exact) mass is 429 g/mol. The van der Waals surface area contributed by atoms with Gasteiger partial charge in [0.2, 0.25) is 0 Å². The molecular weight excluding hydrogens is 398 g/mol. The Morgan fingerprint density at radius 1 is 1.19 bits per heavy atom. The molecule has 1 heterocycles. The number of likely N-dealkylation sites (N-methyl/N-ethyl adjacent to an activating group) is 1. The first-order valence-electron chi connectivity index (χ1n) is 11.3. The van der Waals surface area contributed by atoms with E-state index in [2.05, 4.69) is 61.2 Å². The van der Waals surface area contributed by atoms with Crippen LogP contribution in [0.5, 0.6) is 5.75 Å². The van der Waals surface area contributed by atoms with E-state index in [1.54, 1.807) is 12.1 Å². The molecule has 1 atom stereocenters. The topological polar surface area (TPSA) is 57.9 Å². The van der Waals surface area contributed by atoms with Crippen molar-refractivity contribution >= 4 is 5.69 Å². The first kappa shape index (κ1) is 21.9. The van der Waals surface area contributed by atoms with Gasteiger partial charge in [0.1, 0.15) is 17.3 Å². The van der Waals surface area contributed by atoms with Crippen LogP contribution in [0.25, 0.3) is 0 Å². The molecule has 0 fully saturated rings. The van der Waals surface area contributed by atoms with Gasteiger partial charge in [0, 0.05) is 13.5 Å².